The molecule has 1 heterocycles. The third-order valence-electron chi connectivity index (χ3n) is 7.17. The largest absolute Gasteiger partial charge is 0.481 e. The number of carboxylic acids is 1. The van der Waals surface area contributed by atoms with Crippen LogP contribution >= 0.6 is 23.2 Å². The molecule has 2 aromatic carbocycles. The molecular formula is C25H28Cl2N2O3. The van der Waals surface area contributed by atoms with Gasteiger partial charge in [-0.05, 0) is 61.4 Å². The standard InChI is InChI=1S/C25H28Cl2N2O3/c1-17(30)28-24(18-5-3-2-4-6-18)10-13-29(14-11-24)12-9-20-16-25(20,23(31)32)19-7-8-21(26)22(27)15-19/h2-8,15,20H,9-14,16H2,1H3,(H,28,30)(H,31,32)/t20-,25-/m1/s1. The summed E-state index contributed by atoms with van der Waals surface area (Å²) in [6.45, 7) is 4.12. The molecule has 7 heteroatoms. The second-order valence-corrected chi connectivity index (χ2v) is 9.88. The normalized spacial score (nSPS) is 24.7. The highest BCUT2D eigenvalue weighted by Gasteiger charge is 2.61. The third kappa shape index (κ3) is 4.39. The van der Waals surface area contributed by atoms with Crippen LogP contribution in [-0.2, 0) is 20.5 Å². The summed E-state index contributed by atoms with van der Waals surface area (Å²) in [5.41, 5.74) is 0.667. The van der Waals surface area contributed by atoms with Crippen LogP contribution in [0.5, 0.6) is 0 Å². The fourth-order valence-corrected chi connectivity index (χ4v) is 5.57. The molecule has 2 aromatic rings. The molecule has 2 fully saturated rings. The van der Waals surface area contributed by atoms with Crippen molar-refractivity contribution in [3.63, 3.8) is 0 Å². The predicted octanol–water partition coefficient (Wildman–Crippen LogP) is 4.85. The average molecular weight is 475 g/mol. The summed E-state index contributed by atoms with van der Waals surface area (Å²) in [6.07, 6.45) is 3.09. The number of carboxylic acid groups (broad SMARTS) is 1. The molecule has 0 unspecified atom stereocenters. The van der Waals surface area contributed by atoms with Gasteiger partial charge in [0.15, 0.2) is 0 Å². The van der Waals surface area contributed by atoms with Crippen molar-refractivity contribution < 1.29 is 14.7 Å². The van der Waals surface area contributed by atoms with E-state index in [9.17, 15) is 14.7 Å². The van der Waals surface area contributed by atoms with Gasteiger partial charge in [0.1, 0.15) is 0 Å². The summed E-state index contributed by atoms with van der Waals surface area (Å²) in [4.78, 5) is 26.4. The van der Waals surface area contributed by atoms with Crippen molar-refractivity contribution in [2.24, 2.45) is 5.92 Å². The van der Waals surface area contributed by atoms with Crippen molar-refractivity contribution in [1.82, 2.24) is 10.2 Å². The van der Waals surface area contributed by atoms with Crippen molar-refractivity contribution in [3.8, 4) is 0 Å². The topological polar surface area (TPSA) is 69.6 Å². The molecule has 0 bridgehead atoms. The predicted molar refractivity (Wildman–Crippen MR) is 126 cm³/mol. The smallest absolute Gasteiger partial charge is 0.314 e. The first kappa shape index (κ1) is 23.1. The van der Waals surface area contributed by atoms with E-state index in [2.05, 4.69) is 22.3 Å². The van der Waals surface area contributed by atoms with Crippen molar-refractivity contribution >= 4 is 35.1 Å². The van der Waals surface area contributed by atoms with Gasteiger partial charge in [0.25, 0.3) is 0 Å². The van der Waals surface area contributed by atoms with E-state index in [0.29, 0.717) is 16.5 Å². The lowest BCUT2D eigenvalue weighted by atomic mass is 9.80. The first-order valence-corrected chi connectivity index (χ1v) is 11.8. The van der Waals surface area contributed by atoms with Gasteiger partial charge in [-0.2, -0.15) is 0 Å². The number of piperidine rings is 1. The van der Waals surface area contributed by atoms with Crippen LogP contribution in [-0.4, -0.2) is 41.5 Å². The third-order valence-corrected chi connectivity index (χ3v) is 7.91. The van der Waals surface area contributed by atoms with E-state index in [1.165, 1.54) is 0 Å². The van der Waals surface area contributed by atoms with E-state index in [1.807, 2.05) is 18.2 Å². The number of hydrogen-bond donors (Lipinski definition) is 2. The Bertz CT molecular complexity index is 1010. The number of nitrogens with one attached hydrogen (secondary N) is 1. The van der Waals surface area contributed by atoms with E-state index in [-0.39, 0.29) is 17.4 Å². The number of carbonyl (C=O) groups excluding carboxylic acids is 1. The fraction of sp³-hybridized carbons (Fsp3) is 0.440. The summed E-state index contributed by atoms with van der Waals surface area (Å²) >= 11 is 12.2. The maximum atomic E-state index is 12.2. The molecule has 2 aliphatic rings. The van der Waals surface area contributed by atoms with Crippen molar-refractivity contribution in [2.75, 3.05) is 19.6 Å². The molecular weight excluding hydrogens is 447 g/mol. The van der Waals surface area contributed by atoms with Crippen LogP contribution in [0, 0.1) is 5.92 Å². The second-order valence-electron chi connectivity index (χ2n) is 9.07. The van der Waals surface area contributed by atoms with Crippen LogP contribution in [0.3, 0.4) is 0 Å². The maximum Gasteiger partial charge on any atom is 0.314 e. The van der Waals surface area contributed by atoms with Gasteiger partial charge in [-0.15, -0.1) is 0 Å². The Morgan fingerprint density at radius 2 is 1.75 bits per heavy atom. The zero-order valence-electron chi connectivity index (χ0n) is 18.1. The van der Waals surface area contributed by atoms with E-state index in [4.69, 9.17) is 23.2 Å². The number of hydrogen-bond acceptors (Lipinski definition) is 3. The number of rotatable bonds is 7. The number of carbonyl (C=O) groups is 2. The van der Waals surface area contributed by atoms with Crippen molar-refractivity contribution in [3.05, 3.63) is 69.7 Å². The zero-order chi connectivity index (χ0) is 22.9. The van der Waals surface area contributed by atoms with Crippen LogP contribution in [0.4, 0.5) is 0 Å². The minimum Gasteiger partial charge on any atom is -0.481 e. The summed E-state index contributed by atoms with van der Waals surface area (Å²) in [7, 11) is 0. The molecule has 2 atom stereocenters. The molecule has 170 valence electrons. The molecule has 1 aliphatic heterocycles. The Hall–Kier alpha value is -2.08. The number of nitrogens with zero attached hydrogens (tertiary/aromatic N) is 1. The Labute approximate surface area is 198 Å². The number of amides is 1. The van der Waals surface area contributed by atoms with Gasteiger partial charge in [-0.25, -0.2) is 0 Å². The molecule has 1 saturated carbocycles. The first-order valence-electron chi connectivity index (χ1n) is 11.0. The number of aliphatic carboxylic acids is 1. The quantitative estimate of drug-likeness (QED) is 0.601. The monoisotopic (exact) mass is 474 g/mol. The number of benzene rings is 2. The van der Waals surface area contributed by atoms with Crippen molar-refractivity contribution in [1.29, 1.82) is 0 Å². The van der Waals surface area contributed by atoms with Crippen LogP contribution in [0.15, 0.2) is 48.5 Å². The Balaban J connectivity index is 1.39. The lowest BCUT2D eigenvalue weighted by molar-refractivity contribution is -0.140. The van der Waals surface area contributed by atoms with Gasteiger partial charge < -0.3 is 15.3 Å². The van der Waals surface area contributed by atoms with Gasteiger partial charge in [-0.1, -0.05) is 59.6 Å². The molecule has 0 spiro atoms. The minimum absolute atomic E-state index is 0.0202. The van der Waals surface area contributed by atoms with Gasteiger partial charge in [0.05, 0.1) is 21.0 Å². The zero-order valence-corrected chi connectivity index (χ0v) is 19.6. The molecule has 5 nitrogen and oxygen atoms in total. The van der Waals surface area contributed by atoms with E-state index in [1.54, 1.807) is 25.1 Å². The summed E-state index contributed by atoms with van der Waals surface area (Å²) < 4.78 is 0. The molecule has 1 amide bonds. The van der Waals surface area contributed by atoms with Crippen LogP contribution < -0.4 is 5.32 Å². The summed E-state index contributed by atoms with van der Waals surface area (Å²) in [6, 6.07) is 15.3. The minimum atomic E-state index is -0.867. The van der Waals surface area contributed by atoms with E-state index >= 15 is 0 Å². The number of halogens is 2. The number of likely N-dealkylation sites (tertiary alicyclic amines) is 1. The van der Waals surface area contributed by atoms with E-state index in [0.717, 1.165) is 50.0 Å². The van der Waals surface area contributed by atoms with E-state index < -0.39 is 11.4 Å². The lowest BCUT2D eigenvalue weighted by Crippen LogP contribution is -2.52. The molecule has 2 N–H and O–H groups in total. The molecule has 1 saturated heterocycles. The SMILES string of the molecule is CC(=O)NC1(c2ccccc2)CCN(CC[C@@H]2C[C@@]2(C(=O)O)c2ccc(Cl)c(Cl)c2)CC1. The molecule has 0 radical (unpaired) electrons. The average Bonchev–Trinajstić information content (AvgIpc) is 3.51. The van der Waals surface area contributed by atoms with Gasteiger partial charge >= 0.3 is 5.97 Å². The summed E-state index contributed by atoms with van der Waals surface area (Å²) in [5, 5.41) is 14.0. The fourth-order valence-electron chi connectivity index (χ4n) is 5.27. The van der Waals surface area contributed by atoms with Crippen LogP contribution in [0.1, 0.15) is 43.7 Å². The molecule has 32 heavy (non-hydrogen) atoms. The Morgan fingerprint density at radius 3 is 2.34 bits per heavy atom. The highest BCUT2D eigenvalue weighted by atomic mass is 35.5. The van der Waals surface area contributed by atoms with Crippen LogP contribution in [0.25, 0.3) is 0 Å². The highest BCUT2D eigenvalue weighted by molar-refractivity contribution is 6.42. The Kier molecular flexibility index (Phi) is 6.53. The van der Waals surface area contributed by atoms with Crippen LogP contribution in [0.2, 0.25) is 10.0 Å². The molecule has 0 aromatic heterocycles. The second kappa shape index (κ2) is 9.05. The lowest BCUT2D eigenvalue weighted by Gasteiger charge is -2.42. The molecule has 1 aliphatic carbocycles. The highest BCUT2D eigenvalue weighted by Crippen LogP contribution is 2.57. The molecule has 4 rings (SSSR count). The van der Waals surface area contributed by atoms with Gasteiger partial charge in [-0.3, -0.25) is 9.59 Å². The van der Waals surface area contributed by atoms with Crippen molar-refractivity contribution in [2.45, 2.75) is 43.6 Å². The first-order chi connectivity index (χ1) is 15.3. The Morgan fingerprint density at radius 1 is 1.06 bits per heavy atom. The summed E-state index contributed by atoms with van der Waals surface area (Å²) in [5.74, 6) is -0.741. The van der Waals surface area contributed by atoms with Gasteiger partial charge in [0.2, 0.25) is 5.91 Å². The van der Waals surface area contributed by atoms with Gasteiger partial charge in [0, 0.05) is 20.0 Å². The maximum absolute atomic E-state index is 12.2.